The molecule has 2 amide bonds. The Morgan fingerprint density at radius 3 is 2.68 bits per heavy atom. The van der Waals surface area contributed by atoms with Crippen molar-refractivity contribution in [3.63, 3.8) is 0 Å². The van der Waals surface area contributed by atoms with E-state index in [1.165, 1.54) is 34.9 Å². The zero-order valence-corrected chi connectivity index (χ0v) is 15.6. The third-order valence-corrected chi connectivity index (χ3v) is 4.72. The lowest BCUT2D eigenvalue weighted by Gasteiger charge is -2.19. The number of amides is 2. The molecule has 8 heteroatoms. The van der Waals surface area contributed by atoms with Gasteiger partial charge in [0.05, 0.1) is 15.8 Å². The van der Waals surface area contributed by atoms with Gasteiger partial charge in [0, 0.05) is 17.2 Å². The highest BCUT2D eigenvalue weighted by Crippen LogP contribution is 2.30. The van der Waals surface area contributed by atoms with Crippen molar-refractivity contribution in [2.45, 2.75) is 20.8 Å². The van der Waals surface area contributed by atoms with Crippen molar-refractivity contribution >= 4 is 46.6 Å². The van der Waals surface area contributed by atoms with E-state index in [1.54, 1.807) is 20.8 Å². The normalized spacial score (nSPS) is 16.4. The largest absolute Gasteiger partial charge is 0.324 e. The highest BCUT2D eigenvalue weighted by atomic mass is 35.5. The van der Waals surface area contributed by atoms with Gasteiger partial charge in [-0.25, -0.2) is 4.39 Å². The first kappa shape index (κ1) is 19.5. The van der Waals surface area contributed by atoms with Gasteiger partial charge in [0.25, 0.3) is 0 Å². The second kappa shape index (κ2) is 7.58. The minimum absolute atomic E-state index is 0.109. The Labute approximate surface area is 154 Å². The molecule has 1 fully saturated rings. The van der Waals surface area contributed by atoms with Crippen molar-refractivity contribution in [2.24, 2.45) is 5.41 Å². The molecule has 0 aromatic heterocycles. The van der Waals surface area contributed by atoms with Crippen LogP contribution in [-0.4, -0.2) is 34.8 Å². The molecule has 0 bridgehead atoms. The minimum Gasteiger partial charge on any atom is -0.324 e. The van der Waals surface area contributed by atoms with E-state index in [0.29, 0.717) is 10.7 Å². The number of carbonyl (C=O) groups is 3. The molecule has 1 saturated heterocycles. The van der Waals surface area contributed by atoms with E-state index in [2.05, 4.69) is 5.32 Å². The van der Waals surface area contributed by atoms with Crippen LogP contribution in [0, 0.1) is 11.2 Å². The molecule has 1 aromatic carbocycles. The van der Waals surface area contributed by atoms with Gasteiger partial charge in [0.1, 0.15) is 12.4 Å². The lowest BCUT2D eigenvalue weighted by atomic mass is 9.91. The summed E-state index contributed by atoms with van der Waals surface area (Å²) in [4.78, 5) is 37.6. The summed E-state index contributed by atoms with van der Waals surface area (Å²) in [5.41, 5.74) is -0.246. The van der Waals surface area contributed by atoms with E-state index in [-0.39, 0.29) is 29.0 Å². The maximum atomic E-state index is 13.1. The zero-order valence-electron chi connectivity index (χ0n) is 14.1. The van der Waals surface area contributed by atoms with Crippen LogP contribution in [0.3, 0.4) is 0 Å². The lowest BCUT2D eigenvalue weighted by Crippen LogP contribution is -2.34. The van der Waals surface area contributed by atoms with Crippen LogP contribution >= 0.6 is 23.4 Å². The van der Waals surface area contributed by atoms with Crippen LogP contribution in [0.15, 0.2) is 29.3 Å². The van der Waals surface area contributed by atoms with Gasteiger partial charge in [-0.15, -0.1) is 0 Å². The van der Waals surface area contributed by atoms with Crippen LogP contribution in [0.1, 0.15) is 20.8 Å². The first-order valence-electron chi connectivity index (χ1n) is 7.52. The number of ketones is 1. The monoisotopic (exact) mass is 384 g/mol. The molecule has 0 radical (unpaired) electrons. The third-order valence-electron chi connectivity index (χ3n) is 3.41. The molecular formula is C17H18ClFN2O3S. The summed E-state index contributed by atoms with van der Waals surface area (Å²) >= 11 is 6.89. The van der Waals surface area contributed by atoms with E-state index in [9.17, 15) is 18.8 Å². The Kier molecular flexibility index (Phi) is 5.90. The molecule has 134 valence electrons. The molecule has 0 unspecified atom stereocenters. The Morgan fingerprint density at radius 1 is 1.40 bits per heavy atom. The number of rotatable bonds is 4. The number of thioether (sulfide) groups is 1. The average molecular weight is 385 g/mol. The van der Waals surface area contributed by atoms with Gasteiger partial charge in [0.2, 0.25) is 11.8 Å². The third kappa shape index (κ3) is 5.06. The zero-order chi connectivity index (χ0) is 18.8. The predicted octanol–water partition coefficient (Wildman–Crippen LogP) is 3.45. The van der Waals surface area contributed by atoms with Gasteiger partial charge in [-0.05, 0) is 18.2 Å². The maximum Gasteiger partial charge on any atom is 0.244 e. The Hall–Kier alpha value is -1.86. The van der Waals surface area contributed by atoms with Crippen LogP contribution in [-0.2, 0) is 14.4 Å². The average Bonchev–Trinajstić information content (AvgIpc) is 2.83. The predicted molar refractivity (Wildman–Crippen MR) is 96.8 cm³/mol. The smallest absolute Gasteiger partial charge is 0.244 e. The molecule has 1 aliphatic rings. The fourth-order valence-electron chi connectivity index (χ4n) is 1.95. The van der Waals surface area contributed by atoms with Crippen LogP contribution in [0.5, 0.6) is 0 Å². The number of halogens is 2. The molecular weight excluding hydrogens is 367 g/mol. The SMILES string of the molecule is CC(C)(C)C(=O)/C=C1\SCC(=O)N1CC(=O)Nc1ccc(F)c(Cl)c1. The molecule has 1 aliphatic heterocycles. The number of nitrogens with one attached hydrogen (secondary N) is 1. The van der Waals surface area contributed by atoms with Gasteiger partial charge in [-0.1, -0.05) is 44.1 Å². The molecule has 0 spiro atoms. The van der Waals surface area contributed by atoms with Crippen LogP contribution in [0.2, 0.25) is 5.02 Å². The second-order valence-electron chi connectivity index (χ2n) is 6.54. The minimum atomic E-state index is -0.586. The van der Waals surface area contributed by atoms with E-state index < -0.39 is 17.1 Å². The van der Waals surface area contributed by atoms with Crippen molar-refractivity contribution in [3.8, 4) is 0 Å². The molecule has 25 heavy (non-hydrogen) atoms. The highest BCUT2D eigenvalue weighted by Gasteiger charge is 2.30. The fourth-order valence-corrected chi connectivity index (χ4v) is 3.07. The molecule has 5 nitrogen and oxygen atoms in total. The summed E-state index contributed by atoms with van der Waals surface area (Å²) in [6.07, 6.45) is 1.40. The van der Waals surface area contributed by atoms with E-state index in [1.807, 2.05) is 0 Å². The Morgan fingerprint density at radius 2 is 2.08 bits per heavy atom. The lowest BCUT2D eigenvalue weighted by molar-refractivity contribution is -0.129. The number of benzene rings is 1. The van der Waals surface area contributed by atoms with Gasteiger partial charge < -0.3 is 5.32 Å². The molecule has 0 atom stereocenters. The number of nitrogens with zero attached hydrogens (tertiary/aromatic N) is 1. The van der Waals surface area contributed by atoms with E-state index in [0.717, 1.165) is 6.07 Å². The van der Waals surface area contributed by atoms with Crippen molar-refractivity contribution in [1.29, 1.82) is 0 Å². The van der Waals surface area contributed by atoms with Crippen molar-refractivity contribution in [2.75, 3.05) is 17.6 Å². The standard InChI is InChI=1S/C17H18ClFN2O3S/c1-17(2,3)13(22)7-16-21(15(24)9-25-16)8-14(23)20-10-4-5-12(19)11(18)6-10/h4-7H,8-9H2,1-3H3,(H,20,23)/b16-7-. The van der Waals surface area contributed by atoms with Crippen LogP contribution < -0.4 is 5.32 Å². The summed E-state index contributed by atoms with van der Waals surface area (Å²) < 4.78 is 13.1. The van der Waals surface area contributed by atoms with Gasteiger partial charge in [0.15, 0.2) is 5.78 Å². The van der Waals surface area contributed by atoms with Crippen LogP contribution in [0.4, 0.5) is 10.1 Å². The van der Waals surface area contributed by atoms with Crippen molar-refractivity contribution in [3.05, 3.63) is 40.1 Å². The molecule has 1 N–H and O–H groups in total. The molecule has 0 aliphatic carbocycles. The maximum absolute atomic E-state index is 13.1. The molecule has 1 aromatic rings. The topological polar surface area (TPSA) is 66.5 Å². The van der Waals surface area contributed by atoms with Gasteiger partial charge in [-0.3, -0.25) is 19.3 Å². The first-order chi connectivity index (χ1) is 11.6. The Balaban J connectivity index is 2.09. The highest BCUT2D eigenvalue weighted by molar-refractivity contribution is 8.04. The van der Waals surface area contributed by atoms with E-state index >= 15 is 0 Å². The van der Waals surface area contributed by atoms with Crippen LogP contribution in [0.25, 0.3) is 0 Å². The number of allylic oxidation sites excluding steroid dienone is 1. The molecule has 0 saturated carbocycles. The van der Waals surface area contributed by atoms with Crippen molar-refractivity contribution in [1.82, 2.24) is 4.90 Å². The number of hydrogen-bond acceptors (Lipinski definition) is 4. The fraction of sp³-hybridized carbons (Fsp3) is 0.353. The summed E-state index contributed by atoms with van der Waals surface area (Å²) in [6, 6.07) is 3.80. The number of carbonyl (C=O) groups excluding carboxylic acids is 3. The Bertz CT molecular complexity index is 759. The summed E-state index contributed by atoms with van der Waals surface area (Å²) in [6.45, 7) is 5.11. The summed E-state index contributed by atoms with van der Waals surface area (Å²) in [7, 11) is 0. The van der Waals surface area contributed by atoms with E-state index in [4.69, 9.17) is 11.6 Å². The molecule has 2 rings (SSSR count). The molecule has 1 heterocycles. The summed E-state index contributed by atoms with van der Waals surface area (Å²) in [5, 5.41) is 2.90. The van der Waals surface area contributed by atoms with Crippen molar-refractivity contribution < 1.29 is 18.8 Å². The number of hydrogen-bond donors (Lipinski definition) is 1. The van der Waals surface area contributed by atoms with Gasteiger partial charge in [-0.2, -0.15) is 0 Å². The van der Waals surface area contributed by atoms with Gasteiger partial charge >= 0.3 is 0 Å². The first-order valence-corrected chi connectivity index (χ1v) is 8.88. The number of anilines is 1. The quantitative estimate of drug-likeness (QED) is 0.807. The second-order valence-corrected chi connectivity index (χ2v) is 7.95. The summed E-state index contributed by atoms with van der Waals surface area (Å²) in [5.74, 6) is -1.24.